The quantitative estimate of drug-likeness (QED) is 0.599. The Bertz CT molecular complexity index is 329. The van der Waals surface area contributed by atoms with Crippen molar-refractivity contribution in [1.29, 1.82) is 0 Å². The zero-order valence-corrected chi connectivity index (χ0v) is 9.50. The topological polar surface area (TPSA) is 78.8 Å². The maximum atomic E-state index is 11.2. The van der Waals surface area contributed by atoms with E-state index < -0.39 is 12.1 Å². The predicted octanol–water partition coefficient (Wildman–Crippen LogP) is 0.368. The third-order valence-corrected chi connectivity index (χ3v) is 2.20. The van der Waals surface area contributed by atoms with Crippen molar-refractivity contribution in [1.82, 2.24) is 5.48 Å². The van der Waals surface area contributed by atoms with Gasteiger partial charge in [-0.25, -0.2) is 0 Å². The van der Waals surface area contributed by atoms with Crippen molar-refractivity contribution in [3.8, 4) is 0 Å². The first-order chi connectivity index (χ1) is 8.22. The fourth-order valence-electron chi connectivity index (χ4n) is 1.22. The standard InChI is InChI=1S/C12H17NO4/c14-9-11(15)6-7-12(16)17-13-8-10-4-2-1-3-5-10/h1-5,11,13-15H,6-9H2. The minimum absolute atomic E-state index is 0.0729. The monoisotopic (exact) mass is 239 g/mol. The lowest BCUT2D eigenvalue weighted by Crippen LogP contribution is -2.21. The van der Waals surface area contributed by atoms with Crippen molar-refractivity contribution in [3.63, 3.8) is 0 Å². The highest BCUT2D eigenvalue weighted by atomic mass is 16.7. The van der Waals surface area contributed by atoms with Gasteiger partial charge in [0.05, 0.1) is 19.3 Å². The number of carbonyl (C=O) groups is 1. The lowest BCUT2D eigenvalue weighted by Gasteiger charge is -2.07. The van der Waals surface area contributed by atoms with Gasteiger partial charge in [0.15, 0.2) is 0 Å². The molecule has 1 aromatic rings. The minimum Gasteiger partial charge on any atom is -0.394 e. The van der Waals surface area contributed by atoms with Gasteiger partial charge >= 0.3 is 5.97 Å². The van der Waals surface area contributed by atoms with Crippen LogP contribution >= 0.6 is 0 Å². The van der Waals surface area contributed by atoms with Crippen molar-refractivity contribution >= 4 is 5.97 Å². The lowest BCUT2D eigenvalue weighted by molar-refractivity contribution is -0.152. The van der Waals surface area contributed by atoms with Crippen molar-refractivity contribution in [3.05, 3.63) is 35.9 Å². The number of carbonyl (C=O) groups excluding carboxylic acids is 1. The maximum absolute atomic E-state index is 11.2. The Hall–Kier alpha value is -1.43. The van der Waals surface area contributed by atoms with Gasteiger partial charge in [-0.2, -0.15) is 0 Å². The van der Waals surface area contributed by atoms with Crippen LogP contribution in [0.15, 0.2) is 30.3 Å². The highest BCUT2D eigenvalue weighted by Gasteiger charge is 2.08. The van der Waals surface area contributed by atoms with Crippen LogP contribution in [0.25, 0.3) is 0 Å². The lowest BCUT2D eigenvalue weighted by atomic mass is 10.2. The molecule has 1 rings (SSSR count). The highest BCUT2D eigenvalue weighted by Crippen LogP contribution is 1.99. The summed E-state index contributed by atoms with van der Waals surface area (Å²) in [6, 6.07) is 9.53. The van der Waals surface area contributed by atoms with E-state index in [1.807, 2.05) is 30.3 Å². The van der Waals surface area contributed by atoms with Crippen LogP contribution in [0.2, 0.25) is 0 Å². The summed E-state index contributed by atoms with van der Waals surface area (Å²) in [5, 5.41) is 17.6. The van der Waals surface area contributed by atoms with Crippen LogP contribution in [0.3, 0.4) is 0 Å². The Kier molecular flexibility index (Phi) is 6.24. The van der Waals surface area contributed by atoms with Gasteiger partial charge in [-0.3, -0.25) is 4.79 Å². The van der Waals surface area contributed by atoms with Gasteiger partial charge in [-0.05, 0) is 12.0 Å². The van der Waals surface area contributed by atoms with Crippen LogP contribution < -0.4 is 5.48 Å². The van der Waals surface area contributed by atoms with Crippen LogP contribution in [0.4, 0.5) is 0 Å². The molecule has 0 aliphatic heterocycles. The summed E-state index contributed by atoms with van der Waals surface area (Å²) < 4.78 is 0. The first-order valence-corrected chi connectivity index (χ1v) is 5.47. The molecule has 94 valence electrons. The molecule has 0 saturated heterocycles. The van der Waals surface area contributed by atoms with Crippen LogP contribution in [0.1, 0.15) is 18.4 Å². The van der Waals surface area contributed by atoms with Gasteiger partial charge in [0.1, 0.15) is 0 Å². The summed E-state index contributed by atoms with van der Waals surface area (Å²) in [6.45, 7) is 0.0971. The van der Waals surface area contributed by atoms with E-state index in [0.29, 0.717) is 6.54 Å². The Morgan fingerprint density at radius 1 is 1.35 bits per heavy atom. The molecule has 0 fully saturated rings. The molecule has 3 N–H and O–H groups in total. The Balaban J connectivity index is 2.12. The third-order valence-electron chi connectivity index (χ3n) is 2.20. The number of rotatable bonds is 7. The maximum Gasteiger partial charge on any atom is 0.324 e. The molecule has 0 radical (unpaired) electrons. The van der Waals surface area contributed by atoms with Crippen LogP contribution in [-0.4, -0.2) is 28.9 Å². The molecule has 0 aliphatic carbocycles. The van der Waals surface area contributed by atoms with E-state index >= 15 is 0 Å². The van der Waals surface area contributed by atoms with Crippen LogP contribution in [0.5, 0.6) is 0 Å². The summed E-state index contributed by atoms with van der Waals surface area (Å²) >= 11 is 0. The molecule has 0 spiro atoms. The van der Waals surface area contributed by atoms with Crippen LogP contribution in [0, 0.1) is 0 Å². The number of aliphatic hydroxyl groups excluding tert-OH is 2. The average Bonchev–Trinajstić information content (AvgIpc) is 2.37. The number of hydrogen-bond acceptors (Lipinski definition) is 5. The van der Waals surface area contributed by atoms with Crippen molar-refractivity contribution in [2.24, 2.45) is 0 Å². The highest BCUT2D eigenvalue weighted by molar-refractivity contribution is 5.68. The van der Waals surface area contributed by atoms with Crippen molar-refractivity contribution in [2.45, 2.75) is 25.5 Å². The van der Waals surface area contributed by atoms with Gasteiger partial charge in [0.25, 0.3) is 0 Å². The molecule has 0 aliphatic rings. The van der Waals surface area contributed by atoms with Gasteiger partial charge in [-0.1, -0.05) is 30.3 Å². The van der Waals surface area contributed by atoms with E-state index in [2.05, 4.69) is 5.48 Å². The Morgan fingerprint density at radius 3 is 2.71 bits per heavy atom. The fraction of sp³-hybridized carbons (Fsp3) is 0.417. The number of hydroxylamine groups is 1. The van der Waals surface area contributed by atoms with E-state index in [1.165, 1.54) is 0 Å². The summed E-state index contributed by atoms with van der Waals surface area (Å²) in [4.78, 5) is 15.9. The predicted molar refractivity (Wildman–Crippen MR) is 61.7 cm³/mol. The second kappa shape index (κ2) is 7.78. The first-order valence-electron chi connectivity index (χ1n) is 5.47. The molecule has 0 aromatic heterocycles. The second-order valence-corrected chi connectivity index (χ2v) is 3.66. The SMILES string of the molecule is O=C(CCC(O)CO)ONCc1ccccc1. The number of hydrogen-bond donors (Lipinski definition) is 3. The van der Waals surface area contributed by atoms with Gasteiger partial charge < -0.3 is 15.1 Å². The van der Waals surface area contributed by atoms with E-state index in [0.717, 1.165) is 5.56 Å². The molecular formula is C12H17NO4. The smallest absolute Gasteiger partial charge is 0.324 e. The molecule has 5 heteroatoms. The molecule has 17 heavy (non-hydrogen) atoms. The Morgan fingerprint density at radius 2 is 2.06 bits per heavy atom. The van der Waals surface area contributed by atoms with Gasteiger partial charge in [0.2, 0.25) is 0 Å². The molecule has 1 aromatic carbocycles. The summed E-state index contributed by atoms with van der Waals surface area (Å²) in [5.74, 6) is -0.451. The number of nitrogens with one attached hydrogen (secondary N) is 1. The summed E-state index contributed by atoms with van der Waals surface area (Å²) in [7, 11) is 0. The van der Waals surface area contributed by atoms with E-state index in [-0.39, 0.29) is 19.4 Å². The summed E-state index contributed by atoms with van der Waals surface area (Å²) in [5.41, 5.74) is 3.56. The summed E-state index contributed by atoms with van der Waals surface area (Å²) in [6.07, 6.45) is -0.594. The third kappa shape index (κ3) is 6.01. The van der Waals surface area contributed by atoms with E-state index in [9.17, 15) is 4.79 Å². The second-order valence-electron chi connectivity index (χ2n) is 3.66. The van der Waals surface area contributed by atoms with Crippen LogP contribution in [-0.2, 0) is 16.2 Å². The fourth-order valence-corrected chi connectivity index (χ4v) is 1.22. The molecule has 5 nitrogen and oxygen atoms in total. The van der Waals surface area contributed by atoms with Gasteiger partial charge in [0, 0.05) is 6.42 Å². The molecule has 1 atom stereocenters. The molecule has 0 heterocycles. The normalized spacial score (nSPS) is 12.1. The minimum atomic E-state index is -0.864. The van der Waals surface area contributed by atoms with Crippen molar-refractivity contribution in [2.75, 3.05) is 6.61 Å². The zero-order valence-electron chi connectivity index (χ0n) is 9.50. The molecule has 0 amide bonds. The molecule has 1 unspecified atom stereocenters. The number of aliphatic hydroxyl groups is 2. The molecule has 0 saturated carbocycles. The zero-order chi connectivity index (χ0) is 12.5. The Labute approximate surface area is 100.0 Å². The number of benzene rings is 1. The molecular weight excluding hydrogens is 222 g/mol. The van der Waals surface area contributed by atoms with E-state index in [4.69, 9.17) is 15.1 Å². The van der Waals surface area contributed by atoms with Gasteiger partial charge in [-0.15, -0.1) is 5.48 Å². The molecule has 0 bridgehead atoms. The average molecular weight is 239 g/mol. The first kappa shape index (κ1) is 13.6. The largest absolute Gasteiger partial charge is 0.394 e. The van der Waals surface area contributed by atoms with Crippen molar-refractivity contribution < 1.29 is 19.8 Å². The van der Waals surface area contributed by atoms with E-state index in [1.54, 1.807) is 0 Å².